The molecule has 0 saturated heterocycles. The molecule has 0 unspecified atom stereocenters. The van der Waals surface area contributed by atoms with Gasteiger partial charge >= 0.3 is 12.0 Å². The Morgan fingerprint density at radius 2 is 1.41 bits per heavy atom. The second kappa shape index (κ2) is 21.6. The Labute approximate surface area is 255 Å². The van der Waals surface area contributed by atoms with E-state index in [2.05, 4.69) is 21.3 Å². The molecule has 1 aliphatic rings. The maximum Gasteiger partial charge on any atom is 0.326 e. The van der Waals surface area contributed by atoms with E-state index in [4.69, 9.17) is 19.9 Å². The molecule has 0 aromatic rings. The van der Waals surface area contributed by atoms with Crippen molar-refractivity contribution in [1.82, 2.24) is 26.2 Å². The van der Waals surface area contributed by atoms with E-state index >= 15 is 0 Å². The third-order valence-electron chi connectivity index (χ3n) is 6.10. The number of carbonyl (C=O) groups is 7. The minimum Gasteiger partial charge on any atom is -0.480 e. The van der Waals surface area contributed by atoms with E-state index in [0.29, 0.717) is 0 Å². The quantitative estimate of drug-likeness (QED) is 0.0505. The molecule has 1 aliphatic heterocycles. The number of rotatable bonds is 24. The first-order valence-electron chi connectivity index (χ1n) is 14.3. The Bertz CT molecular complexity index is 1000. The maximum absolute atomic E-state index is 12.7. The minimum atomic E-state index is -1.24. The van der Waals surface area contributed by atoms with Crippen molar-refractivity contribution >= 4 is 41.5 Å². The number of primary amides is 1. The normalized spacial score (nSPS) is 13.9. The summed E-state index contributed by atoms with van der Waals surface area (Å²) >= 11 is 0. The van der Waals surface area contributed by atoms with Crippen molar-refractivity contribution in [3.05, 3.63) is 12.2 Å². The highest BCUT2D eigenvalue weighted by Crippen LogP contribution is 2.06. The Balaban J connectivity index is 2.10. The summed E-state index contributed by atoms with van der Waals surface area (Å²) in [6, 6.07) is -2.87. The minimum absolute atomic E-state index is 0.00480. The molecule has 0 aromatic heterocycles. The van der Waals surface area contributed by atoms with Crippen LogP contribution < -0.4 is 27.0 Å². The van der Waals surface area contributed by atoms with Crippen LogP contribution in [0.2, 0.25) is 0 Å². The molecule has 2 atom stereocenters. The van der Waals surface area contributed by atoms with E-state index in [1.54, 1.807) is 13.8 Å². The predicted octanol–water partition coefficient (Wildman–Crippen LogP) is -1.98. The van der Waals surface area contributed by atoms with Crippen LogP contribution in [0.25, 0.3) is 0 Å². The van der Waals surface area contributed by atoms with Crippen molar-refractivity contribution in [2.75, 3.05) is 59.3 Å². The van der Waals surface area contributed by atoms with Crippen LogP contribution in [0.3, 0.4) is 0 Å². The lowest BCUT2D eigenvalue weighted by atomic mass is 10.0. The standard InChI is InChI=1S/C27H44N6O11/c1-18(2)24(25(38)31-19(26(39)40)4-3-9-30-27(28)41)32-21(35)8-12-42-14-16-44-17-15-43-13-10-29-20(34)7-11-33-22(36)5-6-23(33)37/h5-6,18-19,24H,3-4,7-17H2,1-2H3,(H,29,34)(H,31,38)(H,32,35)(H,39,40)(H3,28,30,41)/t19-,24-/m0/s1. The first-order chi connectivity index (χ1) is 20.9. The molecule has 44 heavy (non-hydrogen) atoms. The lowest BCUT2D eigenvalue weighted by Gasteiger charge is -2.24. The molecule has 7 amide bonds. The van der Waals surface area contributed by atoms with Gasteiger partial charge in [-0.25, -0.2) is 9.59 Å². The summed E-state index contributed by atoms with van der Waals surface area (Å²) in [6.07, 6.45) is 2.65. The van der Waals surface area contributed by atoms with Crippen molar-refractivity contribution < 1.29 is 52.9 Å². The van der Waals surface area contributed by atoms with Gasteiger partial charge in [0.15, 0.2) is 0 Å². The first-order valence-corrected chi connectivity index (χ1v) is 14.3. The summed E-state index contributed by atoms with van der Waals surface area (Å²) in [5, 5.41) is 19.4. The molecule has 7 N–H and O–H groups in total. The lowest BCUT2D eigenvalue weighted by Crippen LogP contribution is -2.53. The number of carboxylic acid groups (broad SMARTS) is 1. The van der Waals surface area contributed by atoms with E-state index in [9.17, 15) is 38.7 Å². The fraction of sp³-hybridized carbons (Fsp3) is 0.667. The number of urea groups is 1. The summed E-state index contributed by atoms with van der Waals surface area (Å²) < 4.78 is 16.1. The molecule has 0 aliphatic carbocycles. The summed E-state index contributed by atoms with van der Waals surface area (Å²) in [7, 11) is 0. The number of hydrogen-bond acceptors (Lipinski definition) is 10. The van der Waals surface area contributed by atoms with Gasteiger partial charge in [-0.15, -0.1) is 0 Å². The predicted molar refractivity (Wildman–Crippen MR) is 154 cm³/mol. The van der Waals surface area contributed by atoms with Crippen LogP contribution in [0.4, 0.5) is 4.79 Å². The monoisotopic (exact) mass is 628 g/mol. The Morgan fingerprint density at radius 1 is 0.818 bits per heavy atom. The van der Waals surface area contributed by atoms with Gasteiger partial charge in [-0.1, -0.05) is 13.8 Å². The molecule has 1 heterocycles. The number of ether oxygens (including phenoxy) is 3. The molecule has 0 fully saturated rings. The van der Waals surface area contributed by atoms with E-state index < -0.39 is 47.7 Å². The van der Waals surface area contributed by atoms with Crippen LogP contribution >= 0.6 is 0 Å². The van der Waals surface area contributed by atoms with E-state index in [-0.39, 0.29) is 96.8 Å². The largest absolute Gasteiger partial charge is 0.480 e. The molecule has 0 spiro atoms. The Hall–Kier alpha value is -4.09. The molecule has 1 rings (SSSR count). The highest BCUT2D eigenvalue weighted by molar-refractivity contribution is 6.13. The number of carboxylic acids is 1. The second-order valence-electron chi connectivity index (χ2n) is 9.97. The average molecular weight is 629 g/mol. The third kappa shape index (κ3) is 16.5. The van der Waals surface area contributed by atoms with Crippen molar-refractivity contribution in [3.63, 3.8) is 0 Å². The van der Waals surface area contributed by atoms with Crippen LogP contribution in [-0.2, 0) is 43.0 Å². The van der Waals surface area contributed by atoms with Gasteiger partial charge in [0.2, 0.25) is 17.7 Å². The summed E-state index contributed by atoms with van der Waals surface area (Å²) in [5.41, 5.74) is 4.97. The van der Waals surface area contributed by atoms with Gasteiger partial charge in [-0.3, -0.25) is 28.9 Å². The topological polar surface area (TPSA) is 245 Å². The van der Waals surface area contributed by atoms with Crippen LogP contribution in [-0.4, -0.2) is 123 Å². The van der Waals surface area contributed by atoms with Crippen LogP contribution in [0, 0.1) is 5.92 Å². The molecule has 248 valence electrons. The number of nitrogens with two attached hydrogens (primary N) is 1. The Kier molecular flexibility index (Phi) is 18.6. The van der Waals surface area contributed by atoms with Crippen LogP contribution in [0.1, 0.15) is 39.5 Å². The molecule has 0 aromatic carbocycles. The van der Waals surface area contributed by atoms with Crippen molar-refractivity contribution in [2.45, 2.75) is 51.6 Å². The fourth-order valence-electron chi connectivity index (χ4n) is 3.74. The third-order valence-corrected chi connectivity index (χ3v) is 6.10. The summed E-state index contributed by atoms with van der Waals surface area (Å²) in [6.45, 7) is 5.26. The van der Waals surface area contributed by atoms with Gasteiger partial charge in [-0.2, -0.15) is 0 Å². The van der Waals surface area contributed by atoms with E-state index in [1.165, 1.54) is 0 Å². The number of hydrogen-bond donors (Lipinski definition) is 6. The van der Waals surface area contributed by atoms with E-state index in [0.717, 1.165) is 17.1 Å². The highest BCUT2D eigenvalue weighted by atomic mass is 16.5. The van der Waals surface area contributed by atoms with Gasteiger partial charge in [0.1, 0.15) is 12.1 Å². The van der Waals surface area contributed by atoms with Crippen LogP contribution in [0.5, 0.6) is 0 Å². The Morgan fingerprint density at radius 3 is 1.98 bits per heavy atom. The van der Waals surface area contributed by atoms with Gasteiger partial charge in [0, 0.05) is 44.6 Å². The molecule has 0 bridgehead atoms. The number of imide groups is 1. The zero-order valence-corrected chi connectivity index (χ0v) is 25.1. The van der Waals surface area contributed by atoms with Crippen molar-refractivity contribution in [1.29, 1.82) is 0 Å². The molecular formula is C27H44N6O11. The maximum atomic E-state index is 12.7. The second-order valence-corrected chi connectivity index (χ2v) is 9.97. The smallest absolute Gasteiger partial charge is 0.326 e. The van der Waals surface area contributed by atoms with Gasteiger partial charge in [0.25, 0.3) is 11.8 Å². The lowest BCUT2D eigenvalue weighted by molar-refractivity contribution is -0.142. The number of carbonyl (C=O) groups excluding carboxylic acids is 6. The number of nitrogens with one attached hydrogen (secondary N) is 4. The number of aliphatic carboxylic acids is 1. The van der Waals surface area contributed by atoms with Crippen molar-refractivity contribution in [3.8, 4) is 0 Å². The summed E-state index contributed by atoms with van der Waals surface area (Å²) in [4.78, 5) is 82.9. The molecule has 17 nitrogen and oxygen atoms in total. The molecule has 0 radical (unpaired) electrons. The van der Waals surface area contributed by atoms with E-state index in [1.807, 2.05) is 0 Å². The van der Waals surface area contributed by atoms with Crippen LogP contribution in [0.15, 0.2) is 12.2 Å². The van der Waals surface area contributed by atoms with Crippen molar-refractivity contribution in [2.24, 2.45) is 11.7 Å². The molecular weight excluding hydrogens is 584 g/mol. The SMILES string of the molecule is CC(C)[C@H](NC(=O)CCOCCOCCOCCNC(=O)CCN1C(=O)C=CC1=O)C(=O)N[C@@H](CCCNC(N)=O)C(=O)O. The van der Waals surface area contributed by atoms with Gasteiger partial charge in [0.05, 0.1) is 39.6 Å². The summed E-state index contributed by atoms with van der Waals surface area (Å²) in [5.74, 6) is -3.78. The number of nitrogens with zero attached hydrogens (tertiary/aromatic N) is 1. The zero-order valence-electron chi connectivity index (χ0n) is 25.1. The number of amides is 7. The fourth-order valence-corrected chi connectivity index (χ4v) is 3.74. The molecule has 0 saturated carbocycles. The van der Waals surface area contributed by atoms with Gasteiger partial charge < -0.3 is 46.3 Å². The first kappa shape index (κ1) is 37.9. The van der Waals surface area contributed by atoms with Gasteiger partial charge in [-0.05, 0) is 18.8 Å². The molecule has 17 heteroatoms. The zero-order chi connectivity index (χ0) is 32.9. The highest BCUT2D eigenvalue weighted by Gasteiger charge is 2.28. The average Bonchev–Trinajstić information content (AvgIpc) is 3.28.